The summed E-state index contributed by atoms with van der Waals surface area (Å²) in [5, 5.41) is 8.92. The number of hydrogen-bond donors (Lipinski definition) is 1. The third-order valence-corrected chi connectivity index (χ3v) is 3.00. The first-order valence-corrected chi connectivity index (χ1v) is 5.64. The molecule has 2 rings (SSSR count). The first-order valence-electron chi connectivity index (χ1n) is 5.64. The number of rotatable bonds is 4. The van der Waals surface area contributed by atoms with E-state index in [4.69, 9.17) is 9.84 Å². The molecule has 92 valence electrons. The van der Waals surface area contributed by atoms with Gasteiger partial charge in [-0.3, -0.25) is 0 Å². The van der Waals surface area contributed by atoms with Gasteiger partial charge in [0.1, 0.15) is 5.82 Å². The summed E-state index contributed by atoms with van der Waals surface area (Å²) in [6.07, 6.45) is 2.61. The van der Waals surface area contributed by atoms with Crippen molar-refractivity contribution in [2.75, 3.05) is 31.7 Å². The molecular weight excluding hydrogens is 220 g/mol. The molecule has 1 fully saturated rings. The minimum absolute atomic E-state index is 0.283. The van der Waals surface area contributed by atoms with Gasteiger partial charge in [-0.25, -0.2) is 9.78 Å². The lowest BCUT2D eigenvalue weighted by atomic mass is 10.1. The lowest BCUT2D eigenvalue weighted by molar-refractivity contribution is 0.0697. The molecule has 0 bridgehead atoms. The molecule has 5 nitrogen and oxygen atoms in total. The van der Waals surface area contributed by atoms with E-state index < -0.39 is 5.97 Å². The Balaban J connectivity index is 2.08. The van der Waals surface area contributed by atoms with Crippen LogP contribution in [0.1, 0.15) is 16.8 Å². The van der Waals surface area contributed by atoms with Gasteiger partial charge in [-0.2, -0.15) is 0 Å². The zero-order valence-electron chi connectivity index (χ0n) is 9.80. The maximum atomic E-state index is 10.9. The van der Waals surface area contributed by atoms with Gasteiger partial charge >= 0.3 is 5.97 Å². The maximum absolute atomic E-state index is 10.9. The van der Waals surface area contributed by atoms with Crippen LogP contribution in [0.3, 0.4) is 0 Å². The van der Waals surface area contributed by atoms with E-state index in [1.807, 2.05) is 0 Å². The molecule has 0 saturated carbocycles. The van der Waals surface area contributed by atoms with Crippen LogP contribution in [0.15, 0.2) is 18.3 Å². The van der Waals surface area contributed by atoms with E-state index in [1.165, 1.54) is 6.07 Å². The fourth-order valence-electron chi connectivity index (χ4n) is 2.14. The normalized spacial score (nSPS) is 19.6. The van der Waals surface area contributed by atoms with Crippen LogP contribution in [0.4, 0.5) is 5.82 Å². The standard InChI is InChI=1S/C12H16N2O3/c1-17-8-9-3-5-14(7-9)11-6-10(12(15)16)2-4-13-11/h2,4,6,9H,3,5,7-8H2,1H3,(H,15,16). The molecule has 0 aromatic carbocycles. The highest BCUT2D eigenvalue weighted by atomic mass is 16.5. The van der Waals surface area contributed by atoms with E-state index in [0.717, 1.165) is 31.9 Å². The van der Waals surface area contributed by atoms with Crippen LogP contribution < -0.4 is 4.90 Å². The van der Waals surface area contributed by atoms with Crippen LogP contribution in [-0.4, -0.2) is 42.9 Å². The average Bonchev–Trinajstić information content (AvgIpc) is 2.78. The Hall–Kier alpha value is -1.62. The summed E-state index contributed by atoms with van der Waals surface area (Å²) in [4.78, 5) is 17.2. The Morgan fingerprint density at radius 2 is 2.53 bits per heavy atom. The summed E-state index contributed by atoms with van der Waals surface area (Å²) in [5.74, 6) is 0.333. The monoisotopic (exact) mass is 236 g/mol. The number of carboxylic acids is 1. The molecule has 0 radical (unpaired) electrons. The Labute approximate surface area is 100 Å². The smallest absolute Gasteiger partial charge is 0.335 e. The second-order valence-corrected chi connectivity index (χ2v) is 4.26. The molecule has 1 N–H and O–H groups in total. The predicted octanol–water partition coefficient (Wildman–Crippen LogP) is 1.25. The topological polar surface area (TPSA) is 62.7 Å². The molecule has 1 unspecified atom stereocenters. The fraction of sp³-hybridized carbons (Fsp3) is 0.500. The molecule has 0 amide bonds. The molecule has 5 heteroatoms. The van der Waals surface area contributed by atoms with Crippen molar-refractivity contribution in [2.24, 2.45) is 5.92 Å². The fourth-order valence-corrected chi connectivity index (χ4v) is 2.14. The zero-order valence-corrected chi connectivity index (χ0v) is 9.80. The van der Waals surface area contributed by atoms with E-state index in [0.29, 0.717) is 5.92 Å². The molecule has 17 heavy (non-hydrogen) atoms. The molecule has 0 spiro atoms. The SMILES string of the molecule is COCC1CCN(c2cc(C(=O)O)ccn2)C1. The number of nitrogens with zero attached hydrogens (tertiary/aromatic N) is 2. The third-order valence-electron chi connectivity index (χ3n) is 3.00. The van der Waals surface area contributed by atoms with Gasteiger partial charge in [-0.1, -0.05) is 0 Å². The Morgan fingerprint density at radius 3 is 3.24 bits per heavy atom. The molecule has 1 aromatic heterocycles. The number of anilines is 1. The summed E-state index contributed by atoms with van der Waals surface area (Å²) in [5.41, 5.74) is 0.283. The van der Waals surface area contributed by atoms with Crippen molar-refractivity contribution in [3.05, 3.63) is 23.9 Å². The van der Waals surface area contributed by atoms with E-state index in [9.17, 15) is 4.79 Å². The van der Waals surface area contributed by atoms with Gasteiger partial charge in [-0.15, -0.1) is 0 Å². The van der Waals surface area contributed by atoms with Gasteiger partial charge in [0.25, 0.3) is 0 Å². The zero-order chi connectivity index (χ0) is 12.3. The number of carboxylic acid groups (broad SMARTS) is 1. The maximum Gasteiger partial charge on any atom is 0.335 e. The number of carbonyl (C=O) groups is 1. The Kier molecular flexibility index (Phi) is 3.58. The predicted molar refractivity (Wildman–Crippen MR) is 63.4 cm³/mol. The molecule has 0 aliphatic carbocycles. The summed E-state index contributed by atoms with van der Waals surface area (Å²) in [7, 11) is 1.70. The van der Waals surface area contributed by atoms with Crippen LogP contribution in [0, 0.1) is 5.92 Å². The van der Waals surface area contributed by atoms with Gasteiger partial charge < -0.3 is 14.7 Å². The van der Waals surface area contributed by atoms with Crippen LogP contribution in [-0.2, 0) is 4.74 Å². The molecular formula is C12H16N2O3. The van der Waals surface area contributed by atoms with Crippen LogP contribution in [0.25, 0.3) is 0 Å². The van der Waals surface area contributed by atoms with Crippen molar-refractivity contribution in [1.29, 1.82) is 0 Å². The van der Waals surface area contributed by atoms with Crippen molar-refractivity contribution >= 4 is 11.8 Å². The van der Waals surface area contributed by atoms with Gasteiger partial charge in [-0.05, 0) is 18.6 Å². The van der Waals surface area contributed by atoms with Crippen molar-refractivity contribution in [1.82, 2.24) is 4.98 Å². The summed E-state index contributed by atoms with van der Waals surface area (Å²) >= 11 is 0. The molecule has 1 atom stereocenters. The average molecular weight is 236 g/mol. The highest BCUT2D eigenvalue weighted by Crippen LogP contribution is 2.22. The van der Waals surface area contributed by atoms with Crippen LogP contribution in [0.2, 0.25) is 0 Å². The molecule has 2 heterocycles. The minimum atomic E-state index is -0.915. The van der Waals surface area contributed by atoms with Crippen LogP contribution >= 0.6 is 0 Å². The minimum Gasteiger partial charge on any atom is -0.478 e. The van der Waals surface area contributed by atoms with E-state index in [2.05, 4.69) is 9.88 Å². The van der Waals surface area contributed by atoms with Gasteiger partial charge in [0.05, 0.1) is 12.2 Å². The van der Waals surface area contributed by atoms with Gasteiger partial charge in [0.15, 0.2) is 0 Å². The first-order chi connectivity index (χ1) is 8.20. The second-order valence-electron chi connectivity index (χ2n) is 4.26. The number of aromatic carboxylic acids is 1. The quantitative estimate of drug-likeness (QED) is 0.852. The van der Waals surface area contributed by atoms with Crippen molar-refractivity contribution in [3.8, 4) is 0 Å². The van der Waals surface area contributed by atoms with Crippen LogP contribution in [0.5, 0.6) is 0 Å². The molecule has 1 saturated heterocycles. The first kappa shape index (κ1) is 11.9. The summed E-state index contributed by atoms with van der Waals surface area (Å²) in [6.45, 7) is 2.53. The van der Waals surface area contributed by atoms with Crippen molar-refractivity contribution in [3.63, 3.8) is 0 Å². The van der Waals surface area contributed by atoms with E-state index >= 15 is 0 Å². The van der Waals surface area contributed by atoms with Gasteiger partial charge in [0, 0.05) is 32.3 Å². The number of ether oxygens (including phenoxy) is 1. The van der Waals surface area contributed by atoms with E-state index in [-0.39, 0.29) is 5.56 Å². The molecule has 1 aliphatic rings. The summed E-state index contributed by atoms with van der Waals surface area (Å²) < 4.78 is 5.13. The highest BCUT2D eigenvalue weighted by Gasteiger charge is 2.23. The number of methoxy groups -OCH3 is 1. The summed E-state index contributed by atoms with van der Waals surface area (Å²) in [6, 6.07) is 3.13. The second kappa shape index (κ2) is 5.14. The molecule has 1 aliphatic heterocycles. The Morgan fingerprint density at radius 1 is 1.71 bits per heavy atom. The number of pyridine rings is 1. The van der Waals surface area contributed by atoms with Crippen molar-refractivity contribution in [2.45, 2.75) is 6.42 Å². The highest BCUT2D eigenvalue weighted by molar-refractivity contribution is 5.88. The van der Waals surface area contributed by atoms with Gasteiger partial charge in [0.2, 0.25) is 0 Å². The molecule has 1 aromatic rings. The Bertz CT molecular complexity index is 408. The number of hydrogen-bond acceptors (Lipinski definition) is 4. The lowest BCUT2D eigenvalue weighted by Gasteiger charge is -2.17. The largest absolute Gasteiger partial charge is 0.478 e. The third kappa shape index (κ3) is 2.74. The lowest BCUT2D eigenvalue weighted by Crippen LogP contribution is -2.22. The van der Waals surface area contributed by atoms with Crippen molar-refractivity contribution < 1.29 is 14.6 Å². The van der Waals surface area contributed by atoms with E-state index in [1.54, 1.807) is 19.4 Å². The number of aromatic nitrogens is 1.